The third-order valence-electron chi connectivity index (χ3n) is 6.58. The Morgan fingerprint density at radius 3 is 2.51 bits per heavy atom. The van der Waals surface area contributed by atoms with Gasteiger partial charge in [0.2, 0.25) is 0 Å². The maximum atomic E-state index is 14.9. The fourth-order valence-corrected chi connectivity index (χ4v) is 4.25. The van der Waals surface area contributed by atoms with Crippen molar-refractivity contribution in [2.45, 2.75) is 58.1 Å². The molecule has 0 bridgehead atoms. The van der Waals surface area contributed by atoms with Crippen LogP contribution in [-0.4, -0.2) is 72.6 Å². The van der Waals surface area contributed by atoms with Crippen LogP contribution in [0, 0.1) is 11.7 Å². The molecule has 0 spiro atoms. The fourth-order valence-electron chi connectivity index (χ4n) is 4.25. The molecule has 2 aromatic heterocycles. The van der Waals surface area contributed by atoms with Crippen LogP contribution in [0.1, 0.15) is 56.8 Å². The minimum atomic E-state index is -0.562. The molecule has 3 aromatic rings. The molecule has 222 valence electrons. The highest BCUT2D eigenvalue weighted by molar-refractivity contribution is 6.08. The van der Waals surface area contributed by atoms with Gasteiger partial charge >= 0.3 is 0 Å². The number of carbonyl (C=O) groups excluding carboxylic acids is 2. The second-order valence-electron chi connectivity index (χ2n) is 11.1. The molecule has 3 heterocycles. The molecule has 1 saturated carbocycles. The van der Waals surface area contributed by atoms with Crippen LogP contribution in [0.15, 0.2) is 24.7 Å². The number of hydrogen-bond acceptors (Lipinski definition) is 9. The summed E-state index contributed by atoms with van der Waals surface area (Å²) >= 11 is 0. The summed E-state index contributed by atoms with van der Waals surface area (Å²) in [5, 5.41) is 6.38. The SMILES string of the molecule is CC(C)(C)OC=O.COCOc1cc(OCC2CC2)c(-c2ncnc3c(C(=O)NC4CCNCC4)c[nH]c23)cc1F. The average Bonchev–Trinajstić information content (AvgIpc) is 3.67. The molecule has 1 amide bonds. The molecule has 0 unspecified atom stereocenters. The number of piperidine rings is 1. The van der Waals surface area contributed by atoms with E-state index in [9.17, 15) is 14.0 Å². The molecule has 0 atom stereocenters. The second-order valence-corrected chi connectivity index (χ2v) is 11.1. The number of nitrogens with zero attached hydrogens (tertiary/aromatic N) is 2. The van der Waals surface area contributed by atoms with Gasteiger partial charge in [-0.3, -0.25) is 9.59 Å². The molecule has 12 heteroatoms. The van der Waals surface area contributed by atoms with Crippen molar-refractivity contribution in [3.8, 4) is 22.8 Å². The zero-order valence-electron chi connectivity index (χ0n) is 23.9. The first-order valence-corrected chi connectivity index (χ1v) is 13.7. The Morgan fingerprint density at radius 1 is 1.12 bits per heavy atom. The number of aromatic nitrogens is 3. The predicted octanol–water partition coefficient (Wildman–Crippen LogP) is 3.98. The number of hydrogen-bond donors (Lipinski definition) is 3. The van der Waals surface area contributed by atoms with Gasteiger partial charge in [-0.15, -0.1) is 0 Å². The van der Waals surface area contributed by atoms with E-state index in [0.29, 0.717) is 52.6 Å². The summed E-state index contributed by atoms with van der Waals surface area (Å²) < 4.78 is 35.7. The van der Waals surface area contributed by atoms with Gasteiger partial charge in [-0.25, -0.2) is 14.4 Å². The van der Waals surface area contributed by atoms with Gasteiger partial charge in [0, 0.05) is 31.0 Å². The smallest absolute Gasteiger partial charge is 0.293 e. The predicted molar refractivity (Wildman–Crippen MR) is 150 cm³/mol. The van der Waals surface area contributed by atoms with Crippen LogP contribution in [0.25, 0.3) is 22.3 Å². The average molecular weight is 572 g/mol. The standard InChI is InChI=1S/C24H28FN5O4.C5H10O2/c1-32-13-34-20-9-19(33-11-14-2-3-14)16(8-18(20)25)21-23-22(29-12-28-21)17(10-27-23)24(31)30-15-4-6-26-7-5-15;1-5(2,3)7-4-6/h8-10,12,14-15,26-27H,2-7,11,13H2,1H3,(H,30,31);4H,1-3H3. The van der Waals surface area contributed by atoms with E-state index in [4.69, 9.17) is 14.2 Å². The third-order valence-corrected chi connectivity index (χ3v) is 6.58. The number of rotatable bonds is 10. The van der Waals surface area contributed by atoms with E-state index in [1.165, 1.54) is 25.6 Å². The Hall–Kier alpha value is -3.77. The van der Waals surface area contributed by atoms with Crippen LogP contribution in [0.4, 0.5) is 4.39 Å². The molecular formula is C29H38FN5O6. The van der Waals surface area contributed by atoms with Gasteiger partial charge < -0.3 is 34.6 Å². The molecule has 41 heavy (non-hydrogen) atoms. The molecular weight excluding hydrogens is 533 g/mol. The molecule has 1 aliphatic carbocycles. The summed E-state index contributed by atoms with van der Waals surface area (Å²) in [6.07, 6.45) is 7.00. The topological polar surface area (TPSA) is 137 Å². The molecule has 1 saturated heterocycles. The largest absolute Gasteiger partial charge is 0.492 e. The van der Waals surface area contributed by atoms with Crippen LogP contribution >= 0.6 is 0 Å². The zero-order chi connectivity index (χ0) is 29.4. The van der Waals surface area contributed by atoms with Gasteiger partial charge in [-0.05, 0) is 71.5 Å². The lowest BCUT2D eigenvalue weighted by atomic mass is 10.1. The van der Waals surface area contributed by atoms with Crippen molar-refractivity contribution in [3.05, 3.63) is 36.0 Å². The number of aromatic amines is 1. The summed E-state index contributed by atoms with van der Waals surface area (Å²) in [6.45, 7) is 8.13. The summed E-state index contributed by atoms with van der Waals surface area (Å²) in [5.41, 5.74) is 2.04. The van der Waals surface area contributed by atoms with Gasteiger partial charge in [0.15, 0.2) is 18.4 Å². The van der Waals surface area contributed by atoms with E-state index in [1.54, 1.807) is 6.20 Å². The number of H-pyrrole nitrogens is 1. The summed E-state index contributed by atoms with van der Waals surface area (Å²) in [6, 6.07) is 2.98. The Kier molecular flexibility index (Phi) is 10.1. The first-order chi connectivity index (χ1) is 19.7. The molecule has 3 N–H and O–H groups in total. The van der Waals surface area contributed by atoms with Gasteiger partial charge in [0.25, 0.3) is 12.4 Å². The Morgan fingerprint density at radius 2 is 1.88 bits per heavy atom. The number of nitrogens with one attached hydrogen (secondary N) is 3. The maximum absolute atomic E-state index is 14.9. The van der Waals surface area contributed by atoms with Crippen molar-refractivity contribution in [1.82, 2.24) is 25.6 Å². The number of halogens is 1. The summed E-state index contributed by atoms with van der Waals surface area (Å²) in [5.74, 6) is 0.239. The van der Waals surface area contributed by atoms with E-state index >= 15 is 0 Å². The van der Waals surface area contributed by atoms with Crippen molar-refractivity contribution < 1.29 is 32.9 Å². The monoisotopic (exact) mass is 571 g/mol. The molecule has 11 nitrogen and oxygen atoms in total. The van der Waals surface area contributed by atoms with Crippen LogP contribution in [-0.2, 0) is 14.3 Å². The first kappa shape index (κ1) is 30.2. The minimum Gasteiger partial charge on any atom is -0.492 e. The highest BCUT2D eigenvalue weighted by atomic mass is 19.1. The van der Waals surface area contributed by atoms with Crippen LogP contribution in [0.3, 0.4) is 0 Å². The van der Waals surface area contributed by atoms with Gasteiger partial charge in [-0.1, -0.05) is 0 Å². The van der Waals surface area contributed by atoms with Crippen molar-refractivity contribution in [1.29, 1.82) is 0 Å². The Balaban J connectivity index is 0.000000493. The van der Waals surface area contributed by atoms with Gasteiger partial charge in [0.1, 0.15) is 28.9 Å². The second kappa shape index (κ2) is 13.7. The molecule has 2 fully saturated rings. The molecule has 5 rings (SSSR count). The quantitative estimate of drug-likeness (QED) is 0.244. The van der Waals surface area contributed by atoms with Gasteiger partial charge in [-0.2, -0.15) is 0 Å². The minimum absolute atomic E-state index is 0.0372. The van der Waals surface area contributed by atoms with E-state index in [2.05, 4.69) is 30.3 Å². The number of amides is 1. The van der Waals surface area contributed by atoms with Crippen molar-refractivity contribution in [2.24, 2.45) is 5.92 Å². The number of carbonyl (C=O) groups is 2. The van der Waals surface area contributed by atoms with Crippen LogP contribution in [0.5, 0.6) is 11.5 Å². The van der Waals surface area contributed by atoms with Gasteiger partial charge in [0.05, 0.1) is 17.7 Å². The number of benzene rings is 1. The first-order valence-electron chi connectivity index (χ1n) is 13.7. The fraction of sp³-hybridized carbons (Fsp3) is 0.517. The van der Waals surface area contributed by atoms with Crippen molar-refractivity contribution in [3.63, 3.8) is 0 Å². The zero-order valence-corrected chi connectivity index (χ0v) is 23.9. The Labute approximate surface area is 238 Å². The maximum Gasteiger partial charge on any atom is 0.293 e. The third kappa shape index (κ3) is 8.37. The number of fused-ring (bicyclic) bond motifs is 1. The van der Waals surface area contributed by atoms with E-state index in [-0.39, 0.29) is 30.1 Å². The van der Waals surface area contributed by atoms with E-state index < -0.39 is 5.82 Å². The van der Waals surface area contributed by atoms with E-state index in [0.717, 1.165) is 38.8 Å². The summed E-state index contributed by atoms with van der Waals surface area (Å²) in [4.78, 5) is 34.4. The highest BCUT2D eigenvalue weighted by Crippen LogP contribution is 2.39. The lowest BCUT2D eigenvalue weighted by molar-refractivity contribution is -0.138. The summed E-state index contributed by atoms with van der Waals surface area (Å²) in [7, 11) is 1.47. The lowest BCUT2D eigenvalue weighted by Crippen LogP contribution is -2.42. The highest BCUT2D eigenvalue weighted by Gasteiger charge is 2.25. The molecule has 1 aromatic carbocycles. The lowest BCUT2D eigenvalue weighted by Gasteiger charge is -2.23. The Bertz CT molecular complexity index is 1330. The normalized spacial score (nSPS) is 15.5. The van der Waals surface area contributed by atoms with Crippen molar-refractivity contribution >= 4 is 23.4 Å². The number of ether oxygens (including phenoxy) is 4. The molecule has 1 aliphatic heterocycles. The van der Waals surface area contributed by atoms with Crippen LogP contribution < -0.4 is 20.1 Å². The molecule has 0 radical (unpaired) electrons. The van der Waals surface area contributed by atoms with E-state index in [1.807, 2.05) is 20.8 Å². The van der Waals surface area contributed by atoms with Crippen LogP contribution in [0.2, 0.25) is 0 Å². The molecule has 2 aliphatic rings. The van der Waals surface area contributed by atoms with Crippen molar-refractivity contribution in [2.75, 3.05) is 33.6 Å². The number of methoxy groups -OCH3 is 1.